The molecule has 0 saturated heterocycles. The van der Waals surface area contributed by atoms with Gasteiger partial charge in [-0.1, -0.05) is 51.0 Å². The lowest BCUT2D eigenvalue weighted by atomic mass is 9.48. The van der Waals surface area contributed by atoms with Crippen molar-refractivity contribution in [3.05, 3.63) is 91.0 Å². The van der Waals surface area contributed by atoms with Gasteiger partial charge < -0.3 is 0 Å². The third-order valence-corrected chi connectivity index (χ3v) is 17.3. The highest BCUT2D eigenvalue weighted by Crippen LogP contribution is 2.80. The quantitative estimate of drug-likeness (QED) is 0.239. The summed E-state index contributed by atoms with van der Waals surface area (Å²) >= 11 is 0. The van der Waals surface area contributed by atoms with E-state index in [0.717, 1.165) is 71.0 Å². The van der Waals surface area contributed by atoms with Gasteiger partial charge in [-0.25, -0.2) is 0 Å². The van der Waals surface area contributed by atoms with Crippen molar-refractivity contribution in [3.63, 3.8) is 0 Å². The highest BCUT2D eigenvalue weighted by Gasteiger charge is 2.68. The summed E-state index contributed by atoms with van der Waals surface area (Å²) in [6.07, 6.45) is 8.56. The van der Waals surface area contributed by atoms with Crippen LogP contribution in [0.3, 0.4) is 0 Å². The van der Waals surface area contributed by atoms with Crippen molar-refractivity contribution in [3.8, 4) is 11.1 Å². The zero-order chi connectivity index (χ0) is 28.6. The van der Waals surface area contributed by atoms with E-state index in [1.165, 1.54) is 38.5 Å². The fourth-order valence-electron chi connectivity index (χ4n) is 15.2. The lowest BCUT2D eigenvalue weighted by Gasteiger charge is -2.55. The lowest BCUT2D eigenvalue weighted by Crippen LogP contribution is -2.43. The molecule has 0 heterocycles. The Morgan fingerprint density at radius 1 is 0.488 bits per heavy atom. The second kappa shape index (κ2) is 7.06. The van der Waals surface area contributed by atoms with Crippen LogP contribution in [-0.2, 0) is 5.41 Å². The summed E-state index contributed by atoms with van der Waals surface area (Å²) in [6.45, 7) is 14.8. The molecule has 5 fully saturated rings. The molecule has 4 bridgehead atoms. The fraction of sp³-hybridized carbons (Fsp3) is 0.581. The molecule has 5 saturated carbocycles. The van der Waals surface area contributed by atoms with Crippen molar-refractivity contribution in [1.82, 2.24) is 0 Å². The molecule has 0 aromatic heterocycles. The summed E-state index contributed by atoms with van der Waals surface area (Å²) in [5.41, 5.74) is 24.4. The van der Waals surface area contributed by atoms with E-state index < -0.39 is 0 Å². The summed E-state index contributed by atoms with van der Waals surface area (Å²) in [6, 6.07) is 11.3. The molecular weight excluding hydrogens is 516 g/mol. The Balaban J connectivity index is 1.00. The van der Waals surface area contributed by atoms with Crippen LogP contribution in [0.5, 0.6) is 0 Å². The van der Waals surface area contributed by atoms with Crippen molar-refractivity contribution in [1.29, 1.82) is 0 Å². The molecule has 0 aliphatic heterocycles. The number of hydrogen-bond acceptors (Lipinski definition) is 0. The summed E-state index contributed by atoms with van der Waals surface area (Å²) < 4.78 is 0. The molecule has 9 aliphatic rings. The molecule has 218 valence electrons. The number of benzene rings is 3. The highest BCUT2D eigenvalue weighted by molar-refractivity contribution is 5.85. The molecular formula is C43H46. The Hall–Kier alpha value is -2.34. The van der Waals surface area contributed by atoms with Crippen LogP contribution >= 0.6 is 0 Å². The van der Waals surface area contributed by atoms with E-state index in [0.29, 0.717) is 5.41 Å². The predicted molar refractivity (Wildman–Crippen MR) is 174 cm³/mol. The topological polar surface area (TPSA) is 0 Å². The summed E-state index contributed by atoms with van der Waals surface area (Å²) in [5.74, 6) is 10.6. The molecule has 12 rings (SSSR count). The van der Waals surface area contributed by atoms with Crippen molar-refractivity contribution in [2.75, 3.05) is 0 Å². The van der Waals surface area contributed by atoms with Crippen LogP contribution < -0.4 is 0 Å². The molecule has 0 N–H and O–H groups in total. The largest absolute Gasteiger partial charge is 0.0620 e. The molecule has 0 amide bonds. The van der Waals surface area contributed by atoms with Crippen LogP contribution in [0.15, 0.2) is 24.3 Å². The summed E-state index contributed by atoms with van der Waals surface area (Å²) in [7, 11) is 0. The highest BCUT2D eigenvalue weighted by atomic mass is 14.7. The monoisotopic (exact) mass is 562 g/mol. The van der Waals surface area contributed by atoms with E-state index in [9.17, 15) is 0 Å². The Morgan fingerprint density at radius 3 is 1.35 bits per heavy atom. The Labute approximate surface area is 258 Å². The first-order valence-electron chi connectivity index (χ1n) is 18.3. The Kier molecular flexibility index (Phi) is 3.93. The Morgan fingerprint density at radius 2 is 0.884 bits per heavy atom. The molecule has 43 heavy (non-hydrogen) atoms. The van der Waals surface area contributed by atoms with Crippen LogP contribution in [0.25, 0.3) is 11.1 Å². The van der Waals surface area contributed by atoms with Crippen LogP contribution in [-0.4, -0.2) is 0 Å². The fourth-order valence-corrected chi connectivity index (χ4v) is 15.2. The average molecular weight is 563 g/mol. The normalized spacial score (nSPS) is 42.7. The van der Waals surface area contributed by atoms with Crippen molar-refractivity contribution in [2.45, 2.75) is 121 Å². The van der Waals surface area contributed by atoms with E-state index in [2.05, 4.69) is 65.8 Å². The van der Waals surface area contributed by atoms with E-state index in [1.807, 2.05) is 0 Å². The molecule has 12 unspecified atom stereocenters. The van der Waals surface area contributed by atoms with E-state index in [-0.39, 0.29) is 0 Å². The van der Waals surface area contributed by atoms with Gasteiger partial charge in [-0.3, -0.25) is 0 Å². The van der Waals surface area contributed by atoms with Gasteiger partial charge in [-0.2, -0.15) is 0 Å². The van der Waals surface area contributed by atoms with Gasteiger partial charge in [0.05, 0.1) is 0 Å². The number of hydrogen-bond donors (Lipinski definition) is 0. The summed E-state index contributed by atoms with van der Waals surface area (Å²) in [5, 5.41) is 0. The minimum absolute atomic E-state index is 0.312. The molecule has 0 radical (unpaired) electrons. The van der Waals surface area contributed by atoms with Crippen molar-refractivity contribution in [2.24, 2.45) is 35.5 Å². The summed E-state index contributed by atoms with van der Waals surface area (Å²) in [4.78, 5) is 0. The predicted octanol–water partition coefficient (Wildman–Crippen LogP) is 10.6. The second-order valence-electron chi connectivity index (χ2n) is 17.7. The first kappa shape index (κ1) is 24.0. The van der Waals surface area contributed by atoms with Gasteiger partial charge in [-0.15, -0.1) is 0 Å². The van der Waals surface area contributed by atoms with Gasteiger partial charge in [0.25, 0.3) is 0 Å². The first-order valence-corrected chi connectivity index (χ1v) is 18.3. The molecule has 0 nitrogen and oxygen atoms in total. The number of fused-ring (bicyclic) bond motifs is 27. The van der Waals surface area contributed by atoms with Crippen LogP contribution in [0.1, 0.15) is 155 Å². The van der Waals surface area contributed by atoms with E-state index in [1.54, 1.807) is 77.9 Å². The minimum Gasteiger partial charge on any atom is -0.0620 e. The maximum absolute atomic E-state index is 2.84. The molecule has 12 atom stereocenters. The van der Waals surface area contributed by atoms with E-state index in [4.69, 9.17) is 0 Å². The van der Waals surface area contributed by atoms with Crippen LogP contribution in [0, 0.1) is 63.2 Å². The maximum Gasteiger partial charge on any atom is 0.0215 e. The third kappa shape index (κ3) is 2.23. The molecule has 0 heteroatoms. The van der Waals surface area contributed by atoms with Crippen LogP contribution in [0.4, 0.5) is 0 Å². The molecule has 3 aromatic carbocycles. The van der Waals surface area contributed by atoms with Gasteiger partial charge in [0.15, 0.2) is 0 Å². The van der Waals surface area contributed by atoms with Gasteiger partial charge in [0.1, 0.15) is 0 Å². The zero-order valence-electron chi connectivity index (χ0n) is 27.0. The minimum atomic E-state index is 0.312. The second-order valence-corrected chi connectivity index (χ2v) is 17.7. The average Bonchev–Trinajstić information content (AvgIpc) is 3.79. The SMILES string of the molecule is Cc1c(C)c(C)c2c(c1C)C1C3CC(C4c5cc6c(cc5C34)-c3cc4c(cc3C63CCCC3)C3C5CC(C(C)C5C)C43)C21. The first-order chi connectivity index (χ1) is 20.8. The maximum atomic E-state index is 2.84. The van der Waals surface area contributed by atoms with E-state index >= 15 is 0 Å². The van der Waals surface area contributed by atoms with Crippen LogP contribution in [0.2, 0.25) is 0 Å². The van der Waals surface area contributed by atoms with Gasteiger partial charge >= 0.3 is 0 Å². The van der Waals surface area contributed by atoms with Gasteiger partial charge in [-0.05, 0) is 202 Å². The van der Waals surface area contributed by atoms with Gasteiger partial charge in [0, 0.05) is 5.41 Å². The molecule has 1 spiro atoms. The molecule has 9 aliphatic carbocycles. The standard InChI is InChI=1S/C43H46/c1-17-18(2)22(6)36-35(21(17)5)41-31-14-32(42(36)41)40-30-16-34-26(13-28(30)39(31)40)25-12-27-29(15-33(25)43(34)9-7-8-10-43)38-24-11-23(37(27)38)19(3)20(24)4/h12-13,15-16,19-20,23-24,31-32,37-42H,7-11,14H2,1-6H3. The van der Waals surface area contributed by atoms with Crippen molar-refractivity contribution >= 4 is 0 Å². The Bertz CT molecular complexity index is 1880. The third-order valence-electron chi connectivity index (χ3n) is 17.3. The number of rotatable bonds is 0. The van der Waals surface area contributed by atoms with Gasteiger partial charge in [0.2, 0.25) is 0 Å². The zero-order valence-corrected chi connectivity index (χ0v) is 27.0. The van der Waals surface area contributed by atoms with Crippen molar-refractivity contribution < 1.29 is 0 Å². The smallest absolute Gasteiger partial charge is 0.0215 e. The molecule has 3 aromatic rings. The lowest BCUT2D eigenvalue weighted by molar-refractivity contribution is 0.181.